The molecule has 3 heterocycles. The van der Waals surface area contributed by atoms with Crippen LogP contribution in [0.25, 0.3) is 111 Å². The molecule has 0 spiro atoms. The molecule has 0 bridgehead atoms. The van der Waals surface area contributed by atoms with E-state index < -0.39 is 0 Å². The van der Waals surface area contributed by atoms with E-state index in [1.165, 1.54) is 0 Å². The first-order valence-electron chi connectivity index (χ1n) is 24.7. The summed E-state index contributed by atoms with van der Waals surface area (Å²) < 4.78 is 4.09. The highest BCUT2D eigenvalue weighted by Gasteiger charge is 2.25. The zero-order valence-corrected chi connectivity index (χ0v) is 41.7. The first-order chi connectivity index (χ1) is 39.2. The predicted octanol–water partition coefficient (Wildman–Crippen LogP) is 14.5. The van der Waals surface area contributed by atoms with Crippen LogP contribution < -0.4 is 0 Å². The van der Waals surface area contributed by atoms with Crippen LogP contribution in [0.3, 0.4) is 0 Å². The van der Waals surface area contributed by atoms with Gasteiger partial charge in [0.25, 0.3) is 0 Å². The van der Waals surface area contributed by atoms with Crippen molar-refractivity contribution in [1.82, 2.24) is 14.1 Å². The summed E-state index contributed by atoms with van der Waals surface area (Å²) in [4.78, 5) is 4.39. The van der Waals surface area contributed by atoms with Gasteiger partial charge in [-0.1, -0.05) is 72.8 Å². The Balaban J connectivity index is 1.20. The Morgan fingerprint density at radius 1 is 0.250 bits per heavy atom. The van der Waals surface area contributed by atoms with Crippen molar-refractivity contribution in [3.63, 3.8) is 0 Å². The molecule has 0 fully saturated rings. The van der Waals surface area contributed by atoms with Crippen LogP contribution in [-0.2, 0) is 0 Å². The van der Waals surface area contributed by atoms with Gasteiger partial charge in [-0.05, 0) is 147 Å². The van der Waals surface area contributed by atoms with E-state index >= 15 is 0 Å². The average Bonchev–Trinajstić information content (AvgIpc) is 4.13. The molecule has 0 unspecified atom stereocenters. The first kappa shape index (κ1) is 48.1. The van der Waals surface area contributed by atoms with Crippen LogP contribution in [0.2, 0.25) is 0 Å². The normalized spacial score (nSPS) is 10.6. The van der Waals surface area contributed by atoms with E-state index in [1.54, 1.807) is 85.2 Å². The minimum Gasteiger partial charge on any atom is -0.309 e. The molecule has 0 aliphatic heterocycles. The third-order valence-corrected chi connectivity index (χ3v) is 14.6. The van der Waals surface area contributed by atoms with E-state index in [4.69, 9.17) is 0 Å². The summed E-state index contributed by atoms with van der Waals surface area (Å²) in [5.74, 6) is 0. The largest absolute Gasteiger partial charge is 0.309 e. The van der Waals surface area contributed by atoms with Crippen LogP contribution in [0.15, 0.2) is 182 Å². The number of fused-ring (bicyclic) bond motifs is 6. The molecule has 0 aliphatic rings. The highest BCUT2D eigenvalue weighted by molar-refractivity contribution is 6.13. The third-order valence-electron chi connectivity index (χ3n) is 14.6. The third kappa shape index (κ3) is 7.82. The number of pyridine rings is 1. The van der Waals surface area contributed by atoms with Gasteiger partial charge in [0.1, 0.15) is 6.07 Å². The lowest BCUT2D eigenvalue weighted by Gasteiger charge is -2.19. The Morgan fingerprint density at radius 3 is 0.863 bits per heavy atom. The summed E-state index contributed by atoms with van der Waals surface area (Å²) in [6.45, 7) is 0. The summed E-state index contributed by atoms with van der Waals surface area (Å²) in [7, 11) is 0. The van der Waals surface area contributed by atoms with E-state index in [0.29, 0.717) is 128 Å². The van der Waals surface area contributed by atoms with E-state index in [1.807, 2.05) is 102 Å². The smallest absolute Gasteiger partial charge is 0.101 e. The van der Waals surface area contributed by atoms with Gasteiger partial charge in [-0.2, -0.15) is 47.4 Å². The second-order valence-electron chi connectivity index (χ2n) is 18.8. The Morgan fingerprint density at radius 2 is 0.562 bits per heavy atom. The van der Waals surface area contributed by atoms with Gasteiger partial charge in [0.05, 0.1) is 132 Å². The van der Waals surface area contributed by atoms with Crippen LogP contribution >= 0.6 is 0 Å². The van der Waals surface area contributed by atoms with Crippen molar-refractivity contribution in [1.29, 1.82) is 47.4 Å². The summed E-state index contributed by atoms with van der Waals surface area (Å²) in [5, 5.41) is 95.4. The van der Waals surface area contributed by atoms with Crippen LogP contribution in [-0.4, -0.2) is 14.1 Å². The number of benzene rings is 9. The fraction of sp³-hybridized carbons (Fsp3) is 0. The van der Waals surface area contributed by atoms with Crippen molar-refractivity contribution in [3.8, 4) is 122 Å². The van der Waals surface area contributed by atoms with Crippen LogP contribution in [0.4, 0.5) is 0 Å². The number of rotatable bonds is 7. The molecule has 0 aliphatic carbocycles. The number of nitrogens with zero attached hydrogens (tertiary/aromatic N) is 12. The maximum Gasteiger partial charge on any atom is 0.101 e. The number of hydrogen-bond acceptors (Lipinski definition) is 10. The fourth-order valence-corrected chi connectivity index (χ4v) is 10.9. The molecule has 12 heteroatoms. The minimum atomic E-state index is 0.264. The maximum absolute atomic E-state index is 11.6. The molecule has 3 aromatic heterocycles. The Hall–Kier alpha value is -12.9. The highest BCUT2D eigenvalue weighted by Crippen LogP contribution is 2.44. The minimum absolute atomic E-state index is 0.264. The van der Waals surface area contributed by atoms with Gasteiger partial charge in [-0.25, -0.2) is 0 Å². The molecule has 0 radical (unpaired) electrons. The van der Waals surface area contributed by atoms with Gasteiger partial charge < -0.3 is 9.13 Å². The van der Waals surface area contributed by atoms with Gasteiger partial charge in [0, 0.05) is 39.5 Å². The maximum atomic E-state index is 11.6. The molecule has 0 saturated heterocycles. The SMILES string of the molecule is N#Cc1ccc(-c2ccc3c4ccc(-c5ccc(C#N)cc5C#N)cc4n(-c4cc(-c5ccncc5)c(-n5c6cc(-c7ccc(C#N)cc7C#N)ccc6c6ccc(-c7ccc(C#N)cc7C#N)cc65)cc4C#N)c3c2)c(C#N)c1. The lowest BCUT2D eigenvalue weighted by Crippen LogP contribution is -2.04. The molecule has 12 nitrogen and oxygen atoms in total. The van der Waals surface area contributed by atoms with E-state index in [0.717, 1.165) is 27.1 Å². The molecule has 0 amide bonds. The Labute approximate surface area is 456 Å². The zero-order valence-electron chi connectivity index (χ0n) is 41.7. The van der Waals surface area contributed by atoms with Gasteiger partial charge >= 0.3 is 0 Å². The van der Waals surface area contributed by atoms with E-state index in [2.05, 4.69) is 64.2 Å². The summed E-state index contributed by atoms with van der Waals surface area (Å²) in [6.07, 6.45) is 3.38. The lowest BCUT2D eigenvalue weighted by molar-refractivity contribution is 1.13. The highest BCUT2D eigenvalue weighted by atomic mass is 15.0. The number of hydrogen-bond donors (Lipinski definition) is 0. The summed E-state index contributed by atoms with van der Waals surface area (Å²) >= 11 is 0. The quantitative estimate of drug-likeness (QED) is 0.146. The van der Waals surface area contributed by atoms with E-state index in [-0.39, 0.29) is 5.56 Å². The Kier molecular flexibility index (Phi) is 11.7. The van der Waals surface area contributed by atoms with E-state index in [9.17, 15) is 47.4 Å². The van der Waals surface area contributed by atoms with Crippen molar-refractivity contribution in [2.24, 2.45) is 0 Å². The molecule has 362 valence electrons. The standard InChI is InChI=1S/C68H30N12/c69-31-40-1-9-54(49(21-40)35-73)45-5-13-58-59-14-6-46(55-10-2-41(32-70)22-50(55)36-74)26-65(59)79(64(58)25-45)63-30-62(44-17-19-78-20-18-44)68(29-53(63)39-77)80-66-27-47(56-11-3-42(33-71)23-51(56)37-75)7-15-60(66)61-16-8-48(28-67(61)80)57-12-4-43(34-72)24-52(57)38-76/h1-30H. The molecular weight excluding hydrogens is 985 g/mol. The van der Waals surface area contributed by atoms with Gasteiger partial charge in [0.15, 0.2) is 0 Å². The van der Waals surface area contributed by atoms with Gasteiger partial charge in [-0.3, -0.25) is 4.98 Å². The summed E-state index contributed by atoms with van der Waals surface area (Å²) in [5.41, 5.74) is 13.4. The topological polar surface area (TPSA) is 237 Å². The molecule has 80 heavy (non-hydrogen) atoms. The molecule has 0 atom stereocenters. The van der Waals surface area contributed by atoms with Crippen molar-refractivity contribution in [2.45, 2.75) is 0 Å². The van der Waals surface area contributed by atoms with Crippen LogP contribution in [0, 0.1) is 102 Å². The van der Waals surface area contributed by atoms with Gasteiger partial charge in [0.2, 0.25) is 0 Å². The van der Waals surface area contributed by atoms with Gasteiger partial charge in [-0.15, -0.1) is 0 Å². The number of aromatic nitrogens is 3. The molecule has 12 aromatic rings. The van der Waals surface area contributed by atoms with Crippen molar-refractivity contribution < 1.29 is 0 Å². The summed E-state index contributed by atoms with van der Waals surface area (Å²) in [6, 6.07) is 71.2. The zero-order chi connectivity index (χ0) is 55.2. The molecule has 12 rings (SSSR count). The fourth-order valence-electron chi connectivity index (χ4n) is 10.9. The first-order valence-corrected chi connectivity index (χ1v) is 24.7. The van der Waals surface area contributed by atoms with Crippen molar-refractivity contribution in [2.75, 3.05) is 0 Å². The molecule has 9 aromatic carbocycles. The van der Waals surface area contributed by atoms with Crippen molar-refractivity contribution in [3.05, 3.63) is 232 Å². The van der Waals surface area contributed by atoms with Crippen LogP contribution in [0.5, 0.6) is 0 Å². The monoisotopic (exact) mass is 1010 g/mol. The average molecular weight is 1020 g/mol. The lowest BCUT2D eigenvalue weighted by atomic mass is 9.96. The molecule has 0 N–H and O–H groups in total. The number of nitriles is 9. The van der Waals surface area contributed by atoms with Crippen molar-refractivity contribution >= 4 is 43.6 Å². The molecular formula is C68H30N12. The Bertz CT molecular complexity index is 4860. The second-order valence-corrected chi connectivity index (χ2v) is 18.8. The van der Waals surface area contributed by atoms with Crippen LogP contribution in [0.1, 0.15) is 50.1 Å². The molecule has 0 saturated carbocycles. The second kappa shape index (κ2) is 19.4. The predicted molar refractivity (Wildman–Crippen MR) is 303 cm³/mol.